The molecule has 0 aromatic heterocycles. The van der Waals surface area contributed by atoms with Gasteiger partial charge in [0, 0.05) is 36.9 Å². The second-order valence-electron chi connectivity index (χ2n) is 7.42. The third kappa shape index (κ3) is 4.31. The van der Waals surface area contributed by atoms with Gasteiger partial charge in [0.1, 0.15) is 5.54 Å². The van der Waals surface area contributed by atoms with Gasteiger partial charge in [-0.1, -0.05) is 36.9 Å². The first-order valence-corrected chi connectivity index (χ1v) is 9.89. The van der Waals surface area contributed by atoms with E-state index in [0.29, 0.717) is 0 Å². The number of halogens is 1. The Labute approximate surface area is 160 Å². The molecule has 1 saturated heterocycles. The molecule has 0 radical (unpaired) electrons. The number of piperazine rings is 1. The highest BCUT2D eigenvalue weighted by atomic mass is 35.5. The number of carbonyl (C=O) groups is 1. The average Bonchev–Trinajstić information content (AvgIpc) is 2.68. The zero-order chi connectivity index (χ0) is 18.6. The van der Waals surface area contributed by atoms with Gasteiger partial charge >= 0.3 is 0 Å². The van der Waals surface area contributed by atoms with Crippen molar-refractivity contribution in [3.05, 3.63) is 29.3 Å². The second kappa shape index (κ2) is 8.28. The molecular formula is C20H27ClN4O. The monoisotopic (exact) mass is 374 g/mol. The molecule has 140 valence electrons. The molecule has 1 aliphatic heterocycles. The minimum Gasteiger partial charge on any atom is -0.369 e. The van der Waals surface area contributed by atoms with Crippen LogP contribution in [0.5, 0.6) is 0 Å². The minimum atomic E-state index is -0.661. The highest BCUT2D eigenvalue weighted by Crippen LogP contribution is 2.28. The Morgan fingerprint density at radius 1 is 1.23 bits per heavy atom. The summed E-state index contributed by atoms with van der Waals surface area (Å²) in [5.74, 6) is -0.0235. The van der Waals surface area contributed by atoms with Gasteiger partial charge in [-0.05, 0) is 38.0 Å². The molecule has 1 aromatic carbocycles. The van der Waals surface area contributed by atoms with Crippen LogP contribution in [0.4, 0.5) is 5.69 Å². The van der Waals surface area contributed by atoms with E-state index in [0.717, 1.165) is 69.0 Å². The fraction of sp³-hybridized carbons (Fsp3) is 0.600. The van der Waals surface area contributed by atoms with Gasteiger partial charge in [-0.25, -0.2) is 0 Å². The molecule has 3 rings (SSSR count). The maximum absolute atomic E-state index is 12.7. The van der Waals surface area contributed by atoms with Crippen LogP contribution in [0.2, 0.25) is 5.02 Å². The van der Waals surface area contributed by atoms with Crippen LogP contribution >= 0.6 is 11.6 Å². The maximum Gasteiger partial charge on any atom is 0.238 e. The Morgan fingerprint density at radius 2 is 1.92 bits per heavy atom. The molecule has 1 N–H and O–H groups in total. The number of hydrogen-bond donors (Lipinski definition) is 1. The summed E-state index contributed by atoms with van der Waals surface area (Å²) in [6.45, 7) is 5.31. The normalized spacial score (nSPS) is 21.7. The van der Waals surface area contributed by atoms with E-state index in [2.05, 4.69) is 27.3 Å². The molecule has 0 unspecified atom stereocenters. The largest absolute Gasteiger partial charge is 0.369 e. The Balaban J connectivity index is 1.55. The molecule has 0 bridgehead atoms. The van der Waals surface area contributed by atoms with E-state index in [9.17, 15) is 10.1 Å². The number of anilines is 1. The van der Waals surface area contributed by atoms with Crippen molar-refractivity contribution in [3.8, 4) is 6.07 Å². The van der Waals surface area contributed by atoms with Gasteiger partial charge in [0.2, 0.25) is 5.91 Å². The van der Waals surface area contributed by atoms with E-state index in [1.807, 2.05) is 25.1 Å². The topological polar surface area (TPSA) is 59.4 Å². The number of nitriles is 1. The first-order valence-electron chi connectivity index (χ1n) is 9.51. The van der Waals surface area contributed by atoms with Crippen LogP contribution in [-0.2, 0) is 4.79 Å². The van der Waals surface area contributed by atoms with Crippen LogP contribution in [0, 0.1) is 11.3 Å². The number of amides is 1. The summed E-state index contributed by atoms with van der Waals surface area (Å²) in [6.07, 6.45) is 4.72. The summed E-state index contributed by atoms with van der Waals surface area (Å²) in [5.41, 5.74) is 0.464. The van der Waals surface area contributed by atoms with Crippen LogP contribution in [-0.4, -0.2) is 48.6 Å². The van der Waals surface area contributed by atoms with Crippen molar-refractivity contribution >= 4 is 23.2 Å². The molecule has 6 heteroatoms. The Bertz CT molecular complexity index is 673. The number of nitrogens with zero attached hydrogens (tertiary/aromatic N) is 3. The summed E-state index contributed by atoms with van der Waals surface area (Å²) in [5, 5.41) is 13.4. The summed E-state index contributed by atoms with van der Waals surface area (Å²) in [7, 11) is 0. The zero-order valence-corrected chi connectivity index (χ0v) is 16.1. The second-order valence-corrected chi connectivity index (χ2v) is 7.86. The lowest BCUT2D eigenvalue weighted by molar-refractivity contribution is -0.127. The van der Waals surface area contributed by atoms with Crippen LogP contribution in [0.1, 0.15) is 39.0 Å². The average molecular weight is 375 g/mol. The number of hydrogen-bond acceptors (Lipinski definition) is 4. The summed E-state index contributed by atoms with van der Waals surface area (Å²) in [6, 6.07) is 10.0. The molecule has 1 amide bonds. The summed E-state index contributed by atoms with van der Waals surface area (Å²) in [4.78, 5) is 17.2. The third-order valence-corrected chi connectivity index (χ3v) is 5.93. The number of carbonyl (C=O) groups excluding carboxylic acids is 1. The van der Waals surface area contributed by atoms with Crippen molar-refractivity contribution in [1.82, 2.24) is 10.2 Å². The van der Waals surface area contributed by atoms with Crippen LogP contribution in [0.25, 0.3) is 0 Å². The molecule has 1 atom stereocenters. The smallest absolute Gasteiger partial charge is 0.238 e. The van der Waals surface area contributed by atoms with Crippen molar-refractivity contribution < 1.29 is 4.79 Å². The van der Waals surface area contributed by atoms with Gasteiger partial charge in [0.15, 0.2) is 0 Å². The van der Waals surface area contributed by atoms with Gasteiger partial charge in [-0.2, -0.15) is 5.26 Å². The van der Waals surface area contributed by atoms with Gasteiger partial charge < -0.3 is 10.2 Å². The van der Waals surface area contributed by atoms with E-state index in [1.165, 1.54) is 0 Å². The predicted molar refractivity (Wildman–Crippen MR) is 104 cm³/mol. The maximum atomic E-state index is 12.7. The van der Waals surface area contributed by atoms with Crippen LogP contribution in [0.15, 0.2) is 24.3 Å². The molecule has 2 aliphatic rings. The SMILES string of the molecule is C[C@H](C(=O)NC1(C#N)CCCCC1)N1CCN(c2cccc(Cl)c2)CC1. The highest BCUT2D eigenvalue weighted by Gasteiger charge is 2.36. The van der Waals surface area contributed by atoms with E-state index < -0.39 is 5.54 Å². The highest BCUT2D eigenvalue weighted by molar-refractivity contribution is 6.30. The molecule has 5 nitrogen and oxygen atoms in total. The van der Waals surface area contributed by atoms with Crippen LogP contribution < -0.4 is 10.2 Å². The lowest BCUT2D eigenvalue weighted by atomic mass is 9.82. The van der Waals surface area contributed by atoms with Gasteiger partial charge in [-0.3, -0.25) is 9.69 Å². The van der Waals surface area contributed by atoms with E-state index >= 15 is 0 Å². The molecule has 1 aliphatic carbocycles. The van der Waals surface area contributed by atoms with Crippen molar-refractivity contribution in [2.24, 2.45) is 0 Å². The lowest BCUT2D eigenvalue weighted by Gasteiger charge is -2.40. The predicted octanol–water partition coefficient (Wildman–Crippen LogP) is 3.19. The quantitative estimate of drug-likeness (QED) is 0.879. The minimum absolute atomic E-state index is 0.0235. The van der Waals surface area contributed by atoms with Crippen molar-refractivity contribution in [2.75, 3.05) is 31.1 Å². The molecule has 2 fully saturated rings. The molecular weight excluding hydrogens is 348 g/mol. The molecule has 0 spiro atoms. The first kappa shape index (κ1) is 19.0. The number of rotatable bonds is 4. The lowest BCUT2D eigenvalue weighted by Crippen LogP contribution is -2.58. The molecule has 1 heterocycles. The molecule has 1 saturated carbocycles. The van der Waals surface area contributed by atoms with Crippen molar-refractivity contribution in [2.45, 2.75) is 50.6 Å². The summed E-state index contributed by atoms with van der Waals surface area (Å²) >= 11 is 6.09. The Hall–Kier alpha value is -1.77. The van der Waals surface area contributed by atoms with Gasteiger partial charge in [-0.15, -0.1) is 0 Å². The van der Waals surface area contributed by atoms with E-state index in [4.69, 9.17) is 11.6 Å². The Kier molecular flexibility index (Phi) is 6.05. The third-order valence-electron chi connectivity index (χ3n) is 5.70. The van der Waals surface area contributed by atoms with E-state index in [-0.39, 0.29) is 11.9 Å². The van der Waals surface area contributed by atoms with Crippen LogP contribution in [0.3, 0.4) is 0 Å². The zero-order valence-electron chi connectivity index (χ0n) is 15.4. The van der Waals surface area contributed by atoms with Crippen molar-refractivity contribution in [3.63, 3.8) is 0 Å². The molecule has 26 heavy (non-hydrogen) atoms. The molecule has 1 aromatic rings. The van der Waals surface area contributed by atoms with Crippen molar-refractivity contribution in [1.29, 1.82) is 5.26 Å². The fourth-order valence-corrected chi connectivity index (χ4v) is 4.15. The summed E-state index contributed by atoms with van der Waals surface area (Å²) < 4.78 is 0. The first-order chi connectivity index (χ1) is 12.5. The fourth-order valence-electron chi connectivity index (χ4n) is 3.97. The Morgan fingerprint density at radius 3 is 2.54 bits per heavy atom. The number of nitrogens with one attached hydrogen (secondary N) is 1. The standard InChI is InChI=1S/C20H27ClN4O/c1-16(19(26)23-20(15-22)8-3-2-4-9-20)24-10-12-25(13-11-24)18-7-5-6-17(21)14-18/h5-7,14,16H,2-4,8-13H2,1H3,(H,23,26)/t16-/m1/s1. The van der Waals surface area contributed by atoms with Gasteiger partial charge in [0.05, 0.1) is 12.1 Å². The number of benzene rings is 1. The van der Waals surface area contributed by atoms with Gasteiger partial charge in [0.25, 0.3) is 0 Å². The van der Waals surface area contributed by atoms with E-state index in [1.54, 1.807) is 0 Å².